The number of fused-ring (bicyclic) bond motifs is 1. The predicted octanol–water partition coefficient (Wildman–Crippen LogP) is 2.62. The van der Waals surface area contributed by atoms with E-state index in [-0.39, 0.29) is 5.97 Å². The quantitative estimate of drug-likeness (QED) is 0.642. The summed E-state index contributed by atoms with van der Waals surface area (Å²) < 4.78 is 4.86. The topological polar surface area (TPSA) is 38.3 Å². The highest BCUT2D eigenvalue weighted by atomic mass is 16.5. The van der Waals surface area contributed by atoms with Gasteiger partial charge in [-0.05, 0) is 37.0 Å². The Morgan fingerprint density at radius 1 is 1.53 bits per heavy atom. The highest BCUT2D eigenvalue weighted by molar-refractivity contribution is 5.88. The van der Waals surface area contributed by atoms with E-state index < -0.39 is 0 Å². The zero-order valence-corrected chi connectivity index (χ0v) is 10.0. The summed E-state index contributed by atoms with van der Waals surface area (Å²) in [6.07, 6.45) is 5.56. The first-order valence-corrected chi connectivity index (χ1v) is 6.02. The van der Waals surface area contributed by atoms with Gasteiger partial charge in [-0.3, -0.25) is 0 Å². The van der Waals surface area contributed by atoms with E-state index in [0.717, 1.165) is 30.6 Å². The van der Waals surface area contributed by atoms with E-state index in [1.165, 1.54) is 11.6 Å². The highest BCUT2D eigenvalue weighted by Crippen LogP contribution is 2.26. The normalized spacial score (nSPS) is 14.2. The lowest BCUT2D eigenvalue weighted by Crippen LogP contribution is -2.12. The number of ether oxygens (including phenoxy) is 1. The third-order valence-electron chi connectivity index (χ3n) is 2.79. The molecule has 0 aliphatic carbocycles. The monoisotopic (exact) mass is 231 g/mol. The van der Waals surface area contributed by atoms with Crippen molar-refractivity contribution in [1.29, 1.82) is 0 Å². The molecule has 0 fully saturated rings. The predicted molar refractivity (Wildman–Crippen MR) is 68.9 cm³/mol. The van der Waals surface area contributed by atoms with Crippen LogP contribution in [0.4, 0.5) is 5.69 Å². The summed E-state index contributed by atoms with van der Waals surface area (Å²) in [5, 5.41) is 3.38. The van der Waals surface area contributed by atoms with Crippen LogP contribution in [0.1, 0.15) is 24.5 Å². The van der Waals surface area contributed by atoms with Crippen molar-refractivity contribution in [2.24, 2.45) is 0 Å². The molecular formula is C14H17NO2. The van der Waals surface area contributed by atoms with Crippen LogP contribution in [0.5, 0.6) is 0 Å². The fourth-order valence-corrected chi connectivity index (χ4v) is 2.02. The molecular weight excluding hydrogens is 214 g/mol. The maximum absolute atomic E-state index is 11.3. The van der Waals surface area contributed by atoms with Gasteiger partial charge in [0, 0.05) is 18.3 Å². The minimum absolute atomic E-state index is 0.291. The van der Waals surface area contributed by atoms with Crippen LogP contribution in [0.3, 0.4) is 0 Å². The Balaban J connectivity index is 2.18. The minimum Gasteiger partial charge on any atom is -0.463 e. The van der Waals surface area contributed by atoms with Gasteiger partial charge < -0.3 is 10.1 Å². The number of nitrogens with one attached hydrogen (secondary N) is 1. The average Bonchev–Trinajstić information content (AvgIpc) is 2.36. The number of carbonyl (C=O) groups excluding carboxylic acids is 1. The van der Waals surface area contributed by atoms with Gasteiger partial charge in [-0.15, -0.1) is 0 Å². The molecule has 0 unspecified atom stereocenters. The molecule has 1 aromatic carbocycles. The third-order valence-corrected chi connectivity index (χ3v) is 2.79. The molecule has 0 saturated heterocycles. The lowest BCUT2D eigenvalue weighted by molar-refractivity contribution is -0.137. The Hall–Kier alpha value is -1.77. The van der Waals surface area contributed by atoms with E-state index >= 15 is 0 Å². The van der Waals surface area contributed by atoms with Crippen molar-refractivity contribution in [3.05, 3.63) is 35.4 Å². The van der Waals surface area contributed by atoms with Crippen molar-refractivity contribution in [1.82, 2.24) is 0 Å². The minimum atomic E-state index is -0.291. The molecule has 3 nitrogen and oxygen atoms in total. The van der Waals surface area contributed by atoms with E-state index in [9.17, 15) is 4.79 Å². The van der Waals surface area contributed by atoms with Gasteiger partial charge in [0.2, 0.25) is 0 Å². The van der Waals surface area contributed by atoms with Gasteiger partial charge in [-0.2, -0.15) is 0 Å². The molecule has 3 heteroatoms. The Kier molecular flexibility index (Phi) is 3.81. The Morgan fingerprint density at radius 3 is 3.24 bits per heavy atom. The number of hydrogen-bond donors (Lipinski definition) is 1. The molecule has 0 radical (unpaired) electrons. The largest absolute Gasteiger partial charge is 0.463 e. The van der Waals surface area contributed by atoms with Crippen LogP contribution in [0.15, 0.2) is 24.3 Å². The highest BCUT2D eigenvalue weighted by Gasteiger charge is 2.10. The first kappa shape index (κ1) is 11.7. The summed E-state index contributed by atoms with van der Waals surface area (Å²) in [4.78, 5) is 11.3. The van der Waals surface area contributed by atoms with Gasteiger partial charge in [-0.25, -0.2) is 4.79 Å². The first-order valence-electron chi connectivity index (χ1n) is 6.02. The molecule has 0 saturated carbocycles. The van der Waals surface area contributed by atoms with Gasteiger partial charge in [0.15, 0.2) is 0 Å². The second-order valence-corrected chi connectivity index (χ2v) is 4.00. The number of carbonyl (C=O) groups is 1. The molecule has 90 valence electrons. The Labute approximate surface area is 101 Å². The summed E-state index contributed by atoms with van der Waals surface area (Å²) >= 11 is 0. The molecule has 1 aromatic rings. The van der Waals surface area contributed by atoms with E-state index in [4.69, 9.17) is 4.74 Å². The number of rotatable bonds is 3. The molecule has 0 bridgehead atoms. The number of aryl methyl sites for hydroxylation is 1. The number of anilines is 1. The Morgan fingerprint density at radius 2 is 2.41 bits per heavy atom. The number of benzene rings is 1. The van der Waals surface area contributed by atoms with Gasteiger partial charge in [0.05, 0.1) is 6.61 Å². The summed E-state index contributed by atoms with van der Waals surface area (Å²) in [5.74, 6) is -0.291. The molecule has 17 heavy (non-hydrogen) atoms. The van der Waals surface area contributed by atoms with E-state index in [1.54, 1.807) is 6.92 Å². The van der Waals surface area contributed by atoms with Crippen LogP contribution in [-0.2, 0) is 16.0 Å². The third kappa shape index (κ3) is 2.87. The van der Waals surface area contributed by atoms with Crippen LogP contribution >= 0.6 is 0 Å². The fraction of sp³-hybridized carbons (Fsp3) is 0.357. The second-order valence-electron chi connectivity index (χ2n) is 4.00. The maximum Gasteiger partial charge on any atom is 0.330 e. The van der Waals surface area contributed by atoms with Gasteiger partial charge >= 0.3 is 5.97 Å². The molecule has 1 heterocycles. The van der Waals surface area contributed by atoms with Crippen LogP contribution in [0.2, 0.25) is 0 Å². The zero-order chi connectivity index (χ0) is 12.1. The molecule has 2 rings (SSSR count). The Bertz CT molecular complexity index is 438. The molecule has 0 spiro atoms. The number of hydrogen-bond acceptors (Lipinski definition) is 3. The van der Waals surface area contributed by atoms with Crippen molar-refractivity contribution in [2.75, 3.05) is 18.5 Å². The van der Waals surface area contributed by atoms with Crippen molar-refractivity contribution >= 4 is 17.7 Å². The van der Waals surface area contributed by atoms with Gasteiger partial charge in [0.1, 0.15) is 0 Å². The fourth-order valence-electron chi connectivity index (χ4n) is 2.02. The summed E-state index contributed by atoms with van der Waals surface area (Å²) in [6.45, 7) is 3.21. The van der Waals surface area contributed by atoms with Crippen LogP contribution in [0, 0.1) is 0 Å². The van der Waals surface area contributed by atoms with E-state index in [0.29, 0.717) is 6.61 Å². The van der Waals surface area contributed by atoms with E-state index in [2.05, 4.69) is 11.4 Å². The lowest BCUT2D eigenvalue weighted by Gasteiger charge is -2.19. The average molecular weight is 231 g/mol. The van der Waals surface area contributed by atoms with Gasteiger partial charge in [0.25, 0.3) is 0 Å². The smallest absolute Gasteiger partial charge is 0.330 e. The molecule has 0 atom stereocenters. The van der Waals surface area contributed by atoms with Gasteiger partial charge in [-0.1, -0.05) is 18.2 Å². The lowest BCUT2D eigenvalue weighted by atomic mass is 9.99. The SMILES string of the molecule is CCOC(=O)/C=C/c1cccc2c1NCCC2. The van der Waals surface area contributed by atoms with Crippen molar-refractivity contribution in [3.63, 3.8) is 0 Å². The van der Waals surface area contributed by atoms with Crippen LogP contribution in [-0.4, -0.2) is 19.1 Å². The van der Waals surface area contributed by atoms with E-state index in [1.807, 2.05) is 18.2 Å². The zero-order valence-electron chi connectivity index (χ0n) is 10.0. The first-order chi connectivity index (χ1) is 8.31. The number of esters is 1. The molecule has 0 aromatic heterocycles. The molecule has 1 aliphatic heterocycles. The summed E-state index contributed by atoms with van der Waals surface area (Å²) in [7, 11) is 0. The standard InChI is InChI=1S/C14H17NO2/c1-2-17-13(16)9-8-12-6-3-5-11-7-4-10-15-14(11)12/h3,5-6,8-9,15H,2,4,7,10H2,1H3/b9-8+. The summed E-state index contributed by atoms with van der Waals surface area (Å²) in [6, 6.07) is 6.16. The van der Waals surface area contributed by atoms with Crippen LogP contribution in [0.25, 0.3) is 6.08 Å². The van der Waals surface area contributed by atoms with Crippen molar-refractivity contribution < 1.29 is 9.53 Å². The number of para-hydroxylation sites is 1. The molecule has 0 amide bonds. The van der Waals surface area contributed by atoms with Crippen LogP contribution < -0.4 is 5.32 Å². The molecule has 1 aliphatic rings. The summed E-state index contributed by atoms with van der Waals surface area (Å²) in [5.41, 5.74) is 3.52. The second kappa shape index (κ2) is 5.53. The molecule has 1 N–H and O–H groups in total. The van der Waals surface area contributed by atoms with Crippen molar-refractivity contribution in [2.45, 2.75) is 19.8 Å². The maximum atomic E-state index is 11.3. The van der Waals surface area contributed by atoms with Crippen molar-refractivity contribution in [3.8, 4) is 0 Å².